The van der Waals surface area contributed by atoms with Gasteiger partial charge in [-0.15, -0.1) is 0 Å². The zero-order valence-electron chi connectivity index (χ0n) is 16.1. The van der Waals surface area contributed by atoms with E-state index in [1.165, 1.54) is 18.2 Å². The smallest absolute Gasteiger partial charge is 0.336 e. The lowest BCUT2D eigenvalue weighted by Crippen LogP contribution is -2.28. The van der Waals surface area contributed by atoms with Crippen molar-refractivity contribution < 1.29 is 22.8 Å². The van der Waals surface area contributed by atoms with Gasteiger partial charge in [-0.25, -0.2) is 9.18 Å². The molecule has 7 heteroatoms. The average Bonchev–Trinajstić information content (AvgIpc) is 3.20. The summed E-state index contributed by atoms with van der Waals surface area (Å²) in [5.74, 6) is 0.916. The lowest BCUT2D eigenvalue weighted by molar-refractivity contribution is -0.123. The van der Waals surface area contributed by atoms with Crippen molar-refractivity contribution in [2.75, 3.05) is 6.61 Å². The molecule has 30 heavy (non-hydrogen) atoms. The SMILES string of the molecule is Cc1cc(=O)oc2cc(OCC(=O)NCc3ccc(-c4ccc(F)cc4)o3)ccc12. The van der Waals surface area contributed by atoms with Gasteiger partial charge < -0.3 is 18.9 Å². The van der Waals surface area contributed by atoms with Gasteiger partial charge in [-0.3, -0.25) is 4.79 Å². The van der Waals surface area contributed by atoms with Gasteiger partial charge in [0.25, 0.3) is 5.91 Å². The molecule has 1 N–H and O–H groups in total. The quantitative estimate of drug-likeness (QED) is 0.485. The summed E-state index contributed by atoms with van der Waals surface area (Å²) in [5.41, 5.74) is 1.52. The van der Waals surface area contributed by atoms with Crippen molar-refractivity contribution in [1.29, 1.82) is 0 Å². The molecule has 2 heterocycles. The normalized spacial score (nSPS) is 10.9. The van der Waals surface area contributed by atoms with Crippen molar-refractivity contribution in [2.45, 2.75) is 13.5 Å². The largest absolute Gasteiger partial charge is 0.484 e. The Hall–Kier alpha value is -3.87. The highest BCUT2D eigenvalue weighted by Crippen LogP contribution is 2.23. The summed E-state index contributed by atoms with van der Waals surface area (Å²) in [6.07, 6.45) is 0. The third-order valence-corrected chi connectivity index (χ3v) is 4.54. The summed E-state index contributed by atoms with van der Waals surface area (Å²) < 4.78 is 29.3. The highest BCUT2D eigenvalue weighted by Gasteiger charge is 2.09. The van der Waals surface area contributed by atoms with E-state index < -0.39 is 5.63 Å². The molecule has 0 saturated carbocycles. The van der Waals surface area contributed by atoms with E-state index in [2.05, 4.69) is 5.32 Å². The summed E-state index contributed by atoms with van der Waals surface area (Å²) in [6.45, 7) is 1.81. The van der Waals surface area contributed by atoms with Crippen LogP contribution in [0.15, 0.2) is 74.3 Å². The van der Waals surface area contributed by atoms with Crippen LogP contribution in [-0.4, -0.2) is 12.5 Å². The van der Waals surface area contributed by atoms with Crippen molar-refractivity contribution in [3.8, 4) is 17.1 Å². The lowest BCUT2D eigenvalue weighted by atomic mass is 10.1. The zero-order valence-corrected chi connectivity index (χ0v) is 16.1. The van der Waals surface area contributed by atoms with E-state index in [4.69, 9.17) is 13.6 Å². The van der Waals surface area contributed by atoms with Crippen LogP contribution >= 0.6 is 0 Å². The van der Waals surface area contributed by atoms with Crippen molar-refractivity contribution >= 4 is 16.9 Å². The van der Waals surface area contributed by atoms with Crippen LogP contribution in [0.2, 0.25) is 0 Å². The Morgan fingerprint density at radius 1 is 1.03 bits per heavy atom. The minimum Gasteiger partial charge on any atom is -0.484 e. The van der Waals surface area contributed by atoms with Crippen LogP contribution in [0.25, 0.3) is 22.3 Å². The van der Waals surface area contributed by atoms with Crippen LogP contribution in [0, 0.1) is 12.7 Å². The van der Waals surface area contributed by atoms with Crippen LogP contribution in [0.5, 0.6) is 5.75 Å². The van der Waals surface area contributed by atoms with Crippen molar-refractivity contribution in [1.82, 2.24) is 5.32 Å². The summed E-state index contributed by atoms with van der Waals surface area (Å²) in [4.78, 5) is 23.6. The first-order chi connectivity index (χ1) is 14.5. The topological polar surface area (TPSA) is 81.7 Å². The van der Waals surface area contributed by atoms with E-state index in [0.29, 0.717) is 22.9 Å². The Labute approximate surface area is 170 Å². The highest BCUT2D eigenvalue weighted by molar-refractivity contribution is 5.81. The first-order valence-corrected chi connectivity index (χ1v) is 9.26. The van der Waals surface area contributed by atoms with Crippen LogP contribution < -0.4 is 15.7 Å². The number of hydrogen-bond acceptors (Lipinski definition) is 5. The van der Waals surface area contributed by atoms with Gasteiger partial charge in [0.15, 0.2) is 6.61 Å². The van der Waals surface area contributed by atoms with E-state index >= 15 is 0 Å². The number of hydrogen-bond donors (Lipinski definition) is 1. The van der Waals surface area contributed by atoms with Crippen LogP contribution in [0.3, 0.4) is 0 Å². The molecule has 152 valence electrons. The molecule has 0 aliphatic carbocycles. The van der Waals surface area contributed by atoms with E-state index in [-0.39, 0.29) is 24.9 Å². The molecule has 0 spiro atoms. The van der Waals surface area contributed by atoms with Gasteiger partial charge in [0.1, 0.15) is 28.7 Å². The van der Waals surface area contributed by atoms with Crippen molar-refractivity contribution in [3.05, 3.63) is 88.2 Å². The number of nitrogens with one attached hydrogen (secondary N) is 1. The maximum absolute atomic E-state index is 13.0. The summed E-state index contributed by atoms with van der Waals surface area (Å²) >= 11 is 0. The predicted molar refractivity (Wildman–Crippen MR) is 109 cm³/mol. The van der Waals surface area contributed by atoms with Crippen molar-refractivity contribution in [3.63, 3.8) is 0 Å². The predicted octanol–water partition coefficient (Wildman–Crippen LogP) is 4.20. The number of fused-ring (bicyclic) bond motifs is 1. The molecule has 0 bridgehead atoms. The summed E-state index contributed by atoms with van der Waals surface area (Å²) in [6, 6.07) is 16.0. The fourth-order valence-electron chi connectivity index (χ4n) is 3.02. The standard InChI is InChI=1S/C23H18FNO5/c1-14-10-23(27)30-21-11-17(6-8-19(14)21)28-13-22(26)25-12-18-7-9-20(29-18)15-2-4-16(24)5-3-15/h2-11H,12-13H2,1H3,(H,25,26). The number of aryl methyl sites for hydroxylation is 1. The molecule has 0 aliphatic rings. The Kier molecular flexibility index (Phi) is 5.34. The van der Waals surface area contributed by atoms with Gasteiger partial charge in [0.2, 0.25) is 0 Å². The number of amides is 1. The number of halogens is 1. The van der Waals surface area contributed by atoms with E-state index in [0.717, 1.165) is 16.5 Å². The van der Waals surface area contributed by atoms with E-state index in [9.17, 15) is 14.0 Å². The number of carbonyl (C=O) groups is 1. The third kappa shape index (κ3) is 4.41. The molecule has 4 aromatic rings. The lowest BCUT2D eigenvalue weighted by Gasteiger charge is -2.08. The van der Waals surface area contributed by atoms with Crippen LogP contribution in [0.4, 0.5) is 4.39 Å². The Balaban J connectivity index is 1.33. The van der Waals surface area contributed by atoms with Gasteiger partial charge in [-0.1, -0.05) is 0 Å². The third-order valence-electron chi connectivity index (χ3n) is 4.54. The van der Waals surface area contributed by atoms with Gasteiger partial charge >= 0.3 is 5.63 Å². The maximum atomic E-state index is 13.0. The second-order valence-electron chi connectivity index (χ2n) is 6.74. The summed E-state index contributed by atoms with van der Waals surface area (Å²) in [7, 11) is 0. The maximum Gasteiger partial charge on any atom is 0.336 e. The number of ether oxygens (including phenoxy) is 1. The first kappa shape index (κ1) is 19.4. The van der Waals surface area contributed by atoms with Gasteiger partial charge in [0.05, 0.1) is 6.54 Å². The van der Waals surface area contributed by atoms with Crippen molar-refractivity contribution in [2.24, 2.45) is 0 Å². The molecule has 0 atom stereocenters. The minimum absolute atomic E-state index is 0.190. The fourth-order valence-corrected chi connectivity index (χ4v) is 3.02. The first-order valence-electron chi connectivity index (χ1n) is 9.26. The molecule has 1 amide bonds. The van der Waals surface area contributed by atoms with Crippen LogP contribution in [-0.2, 0) is 11.3 Å². The fraction of sp³-hybridized carbons (Fsp3) is 0.130. The molecular weight excluding hydrogens is 389 g/mol. The number of carbonyl (C=O) groups excluding carboxylic acids is 1. The second kappa shape index (κ2) is 8.24. The Morgan fingerprint density at radius 2 is 1.83 bits per heavy atom. The Bertz CT molecular complexity index is 1260. The molecule has 2 aromatic heterocycles. The Morgan fingerprint density at radius 3 is 2.63 bits per heavy atom. The van der Waals surface area contributed by atoms with E-state index in [1.54, 1.807) is 42.5 Å². The molecule has 0 unspecified atom stereocenters. The molecule has 0 aliphatic heterocycles. The van der Waals surface area contributed by atoms with Gasteiger partial charge in [0, 0.05) is 23.1 Å². The van der Waals surface area contributed by atoms with Crippen LogP contribution in [0.1, 0.15) is 11.3 Å². The monoisotopic (exact) mass is 407 g/mol. The summed E-state index contributed by atoms with van der Waals surface area (Å²) in [5, 5.41) is 3.51. The molecular formula is C23H18FNO5. The molecule has 2 aromatic carbocycles. The average molecular weight is 407 g/mol. The second-order valence-corrected chi connectivity index (χ2v) is 6.74. The molecule has 0 fully saturated rings. The molecule has 4 rings (SSSR count). The van der Waals surface area contributed by atoms with Gasteiger partial charge in [-0.2, -0.15) is 0 Å². The molecule has 0 radical (unpaired) electrons. The number of benzene rings is 2. The zero-order chi connectivity index (χ0) is 21.1. The molecule has 6 nitrogen and oxygen atoms in total. The minimum atomic E-state index is -0.437. The number of rotatable bonds is 6. The highest BCUT2D eigenvalue weighted by atomic mass is 19.1. The van der Waals surface area contributed by atoms with Gasteiger partial charge in [-0.05, 0) is 61.0 Å². The van der Waals surface area contributed by atoms with E-state index in [1.807, 2.05) is 6.92 Å². The number of furan rings is 1. The molecule has 0 saturated heterocycles.